The Labute approximate surface area is 72.6 Å². The average Bonchev–Trinajstić information content (AvgIpc) is 2.01. The molecule has 0 fully saturated rings. The number of carbonyl (C=O) groups is 1. The van der Waals surface area contributed by atoms with Crippen molar-refractivity contribution in [3.63, 3.8) is 0 Å². The first-order valence-electron chi connectivity index (χ1n) is 2.91. The molecule has 0 aliphatic rings. The lowest BCUT2D eigenvalue weighted by atomic mass is 10.6. The Bertz CT molecular complexity index is 293. The lowest BCUT2D eigenvalue weighted by Crippen LogP contribution is -2.27. The smallest absolute Gasteiger partial charge is 0.423 e. The van der Waals surface area contributed by atoms with Gasteiger partial charge in [0.2, 0.25) is 0 Å². The van der Waals surface area contributed by atoms with Gasteiger partial charge < -0.3 is 5.11 Å². The Balaban J connectivity index is 2.57. The molecule has 6 nitrogen and oxygen atoms in total. The van der Waals surface area contributed by atoms with Crippen LogP contribution in [0.5, 0.6) is 0 Å². The summed E-state index contributed by atoms with van der Waals surface area (Å²) in [6.45, 7) is 0. The van der Waals surface area contributed by atoms with Crippen LogP contribution in [0, 0.1) is 0 Å². The number of aromatic nitrogens is 2. The molecule has 0 atom stereocenters. The Kier molecular flexibility index (Phi) is 2.65. The van der Waals surface area contributed by atoms with Gasteiger partial charge in [0.1, 0.15) is 17.3 Å². The standard InChI is InChI=1S/C5H5ClN4O2/c6-3-1-4(8-2-7-3)9-10-5(11)12/h1-2,10H,(H,11,12)(H,7,8,9). The van der Waals surface area contributed by atoms with E-state index < -0.39 is 6.09 Å². The summed E-state index contributed by atoms with van der Waals surface area (Å²) in [5.74, 6) is 0.289. The molecule has 0 saturated carbocycles. The molecule has 0 bridgehead atoms. The summed E-state index contributed by atoms with van der Waals surface area (Å²) in [5, 5.41) is 8.43. The molecule has 3 N–H and O–H groups in total. The van der Waals surface area contributed by atoms with Gasteiger partial charge in [0.05, 0.1) is 0 Å². The first-order valence-corrected chi connectivity index (χ1v) is 3.29. The molecule has 0 radical (unpaired) electrons. The predicted molar refractivity (Wildman–Crippen MR) is 41.8 cm³/mol. The number of rotatable bonds is 2. The monoisotopic (exact) mass is 188 g/mol. The Morgan fingerprint density at radius 1 is 1.58 bits per heavy atom. The van der Waals surface area contributed by atoms with E-state index in [1.807, 2.05) is 5.43 Å². The van der Waals surface area contributed by atoms with E-state index in [-0.39, 0.29) is 11.0 Å². The minimum Gasteiger partial charge on any atom is -0.464 e. The molecule has 64 valence electrons. The van der Waals surface area contributed by atoms with Crippen LogP contribution in [0.25, 0.3) is 0 Å². The highest BCUT2D eigenvalue weighted by atomic mass is 35.5. The third-order valence-electron chi connectivity index (χ3n) is 0.931. The number of anilines is 1. The van der Waals surface area contributed by atoms with Gasteiger partial charge in [0, 0.05) is 6.07 Å². The van der Waals surface area contributed by atoms with Crippen molar-refractivity contribution in [1.82, 2.24) is 15.4 Å². The quantitative estimate of drug-likeness (QED) is 0.470. The molecule has 0 saturated heterocycles. The molecule has 1 heterocycles. The van der Waals surface area contributed by atoms with Crippen LogP contribution in [-0.4, -0.2) is 21.2 Å². The van der Waals surface area contributed by atoms with Crippen molar-refractivity contribution in [2.75, 3.05) is 5.43 Å². The summed E-state index contributed by atoms with van der Waals surface area (Å²) in [6.07, 6.45) is 0.0125. The van der Waals surface area contributed by atoms with Gasteiger partial charge >= 0.3 is 6.09 Å². The lowest BCUT2D eigenvalue weighted by Gasteiger charge is -2.02. The zero-order chi connectivity index (χ0) is 8.97. The van der Waals surface area contributed by atoms with Crippen molar-refractivity contribution in [2.45, 2.75) is 0 Å². The molecule has 0 unspecified atom stereocenters. The number of carboxylic acid groups (broad SMARTS) is 1. The second kappa shape index (κ2) is 3.72. The SMILES string of the molecule is O=C(O)NNc1cc(Cl)ncn1. The summed E-state index contributed by atoms with van der Waals surface area (Å²) in [5.41, 5.74) is 4.21. The first-order chi connectivity index (χ1) is 5.68. The van der Waals surface area contributed by atoms with Crippen molar-refractivity contribution in [3.05, 3.63) is 17.5 Å². The fourth-order valence-corrected chi connectivity index (χ4v) is 0.666. The van der Waals surface area contributed by atoms with Crippen LogP contribution in [0.15, 0.2) is 12.4 Å². The van der Waals surface area contributed by atoms with Crippen molar-refractivity contribution < 1.29 is 9.90 Å². The van der Waals surface area contributed by atoms with E-state index >= 15 is 0 Å². The van der Waals surface area contributed by atoms with Crippen LogP contribution in [-0.2, 0) is 0 Å². The number of hydrogen-bond donors (Lipinski definition) is 3. The molecule has 0 spiro atoms. The Morgan fingerprint density at radius 2 is 2.33 bits per heavy atom. The van der Waals surface area contributed by atoms with Crippen LogP contribution < -0.4 is 10.9 Å². The normalized spacial score (nSPS) is 9.08. The van der Waals surface area contributed by atoms with Crippen molar-refractivity contribution in [3.8, 4) is 0 Å². The highest BCUT2D eigenvalue weighted by Gasteiger charge is 1.96. The average molecular weight is 189 g/mol. The number of hydrogen-bond acceptors (Lipinski definition) is 4. The maximum atomic E-state index is 10.0. The Morgan fingerprint density at radius 3 is 2.92 bits per heavy atom. The van der Waals surface area contributed by atoms with Gasteiger partial charge in [-0.2, -0.15) is 0 Å². The first kappa shape index (κ1) is 8.54. The van der Waals surface area contributed by atoms with E-state index in [1.165, 1.54) is 12.4 Å². The highest BCUT2D eigenvalue weighted by Crippen LogP contribution is 2.06. The third kappa shape index (κ3) is 2.59. The number of halogens is 1. The molecular formula is C5H5ClN4O2. The van der Waals surface area contributed by atoms with Gasteiger partial charge in [-0.1, -0.05) is 11.6 Å². The summed E-state index contributed by atoms with van der Waals surface area (Å²) < 4.78 is 0. The number of amides is 1. The molecule has 1 aromatic heterocycles. The lowest BCUT2D eigenvalue weighted by molar-refractivity contribution is 0.197. The molecular weight excluding hydrogens is 184 g/mol. The zero-order valence-corrected chi connectivity index (χ0v) is 6.54. The molecule has 1 rings (SSSR count). The van der Waals surface area contributed by atoms with E-state index in [2.05, 4.69) is 15.4 Å². The number of nitrogens with zero attached hydrogens (tertiary/aromatic N) is 2. The van der Waals surface area contributed by atoms with Crippen molar-refractivity contribution in [1.29, 1.82) is 0 Å². The topological polar surface area (TPSA) is 87.1 Å². The summed E-state index contributed by atoms with van der Waals surface area (Å²) in [7, 11) is 0. The van der Waals surface area contributed by atoms with Crippen LogP contribution in [0.3, 0.4) is 0 Å². The second-order valence-electron chi connectivity index (χ2n) is 1.78. The fourth-order valence-electron chi connectivity index (χ4n) is 0.519. The molecule has 0 aromatic carbocycles. The molecule has 1 amide bonds. The molecule has 0 aliphatic carbocycles. The molecule has 0 aliphatic heterocycles. The van der Waals surface area contributed by atoms with Crippen LogP contribution in [0.1, 0.15) is 0 Å². The van der Waals surface area contributed by atoms with E-state index in [9.17, 15) is 4.79 Å². The van der Waals surface area contributed by atoms with Gasteiger partial charge in [0.15, 0.2) is 0 Å². The van der Waals surface area contributed by atoms with Gasteiger partial charge in [-0.3, -0.25) is 5.43 Å². The second-order valence-corrected chi connectivity index (χ2v) is 2.17. The Hall–Kier alpha value is -1.56. The third-order valence-corrected chi connectivity index (χ3v) is 1.14. The van der Waals surface area contributed by atoms with E-state index in [0.29, 0.717) is 0 Å². The van der Waals surface area contributed by atoms with Gasteiger partial charge in [-0.15, -0.1) is 0 Å². The zero-order valence-electron chi connectivity index (χ0n) is 5.78. The van der Waals surface area contributed by atoms with Crippen LogP contribution >= 0.6 is 11.6 Å². The van der Waals surface area contributed by atoms with Crippen LogP contribution in [0.4, 0.5) is 10.6 Å². The summed E-state index contributed by atoms with van der Waals surface area (Å²) >= 11 is 5.49. The number of hydrazine groups is 1. The minimum absolute atomic E-state index is 0.236. The van der Waals surface area contributed by atoms with Gasteiger partial charge in [-0.05, 0) is 0 Å². The van der Waals surface area contributed by atoms with E-state index in [0.717, 1.165) is 0 Å². The molecule has 12 heavy (non-hydrogen) atoms. The van der Waals surface area contributed by atoms with Crippen molar-refractivity contribution in [2.24, 2.45) is 0 Å². The van der Waals surface area contributed by atoms with Gasteiger partial charge in [-0.25, -0.2) is 20.2 Å². The number of nitrogens with one attached hydrogen (secondary N) is 2. The molecule has 1 aromatic rings. The van der Waals surface area contributed by atoms with Gasteiger partial charge in [0.25, 0.3) is 0 Å². The van der Waals surface area contributed by atoms with Crippen LogP contribution in [0.2, 0.25) is 5.15 Å². The largest absolute Gasteiger partial charge is 0.464 e. The fraction of sp³-hybridized carbons (Fsp3) is 0. The highest BCUT2D eigenvalue weighted by molar-refractivity contribution is 6.29. The summed E-state index contributed by atoms with van der Waals surface area (Å²) in [4.78, 5) is 17.3. The summed E-state index contributed by atoms with van der Waals surface area (Å²) in [6, 6.07) is 1.39. The predicted octanol–water partition coefficient (Wildman–Crippen LogP) is 0.724. The minimum atomic E-state index is -1.20. The van der Waals surface area contributed by atoms with E-state index in [1.54, 1.807) is 0 Å². The maximum absolute atomic E-state index is 10.0. The maximum Gasteiger partial charge on any atom is 0.423 e. The molecule has 7 heteroatoms. The van der Waals surface area contributed by atoms with E-state index in [4.69, 9.17) is 16.7 Å². The van der Waals surface area contributed by atoms with Crippen molar-refractivity contribution >= 4 is 23.5 Å².